The van der Waals surface area contributed by atoms with E-state index in [9.17, 15) is 0 Å². The Bertz CT molecular complexity index is 146. The quantitative estimate of drug-likeness (QED) is 0.514. The van der Waals surface area contributed by atoms with Crippen LogP contribution in [0.4, 0.5) is 0 Å². The third-order valence-electron chi connectivity index (χ3n) is 3.35. The predicted molar refractivity (Wildman–Crippen MR) is 78.2 cm³/mol. The average molecular weight is 242 g/mol. The van der Waals surface area contributed by atoms with Gasteiger partial charge in [0.25, 0.3) is 0 Å². The number of hydrogen-bond donors (Lipinski definition) is 2. The number of rotatable bonds is 12. The number of hydrogen-bond acceptors (Lipinski definition) is 2. The monoisotopic (exact) mass is 242 g/mol. The van der Waals surface area contributed by atoms with Crippen molar-refractivity contribution in [3.8, 4) is 0 Å². The fraction of sp³-hybridized carbons (Fsp3) is 1.00. The molecule has 0 saturated carbocycles. The van der Waals surface area contributed by atoms with Gasteiger partial charge < -0.3 is 11.1 Å². The summed E-state index contributed by atoms with van der Waals surface area (Å²) >= 11 is 0. The maximum atomic E-state index is 5.73. The highest BCUT2D eigenvalue weighted by Crippen LogP contribution is 2.09. The van der Waals surface area contributed by atoms with Crippen molar-refractivity contribution < 1.29 is 0 Å². The molecule has 2 heteroatoms. The summed E-state index contributed by atoms with van der Waals surface area (Å²) < 4.78 is 0. The van der Waals surface area contributed by atoms with Crippen molar-refractivity contribution in [1.82, 2.24) is 5.32 Å². The average Bonchev–Trinajstić information content (AvgIpc) is 2.30. The molecular weight excluding hydrogens is 208 g/mol. The Morgan fingerprint density at radius 3 is 2.29 bits per heavy atom. The van der Waals surface area contributed by atoms with E-state index in [4.69, 9.17) is 5.73 Å². The van der Waals surface area contributed by atoms with E-state index in [0.29, 0.717) is 5.92 Å². The van der Waals surface area contributed by atoms with Gasteiger partial charge in [-0.2, -0.15) is 0 Å². The van der Waals surface area contributed by atoms with Crippen molar-refractivity contribution in [3.05, 3.63) is 0 Å². The van der Waals surface area contributed by atoms with Gasteiger partial charge in [-0.15, -0.1) is 0 Å². The molecule has 0 rings (SSSR count). The minimum atomic E-state index is 0.681. The SMILES string of the molecule is CCCC(CN)CNCCCCCCC(C)C. The minimum absolute atomic E-state index is 0.681. The Morgan fingerprint density at radius 2 is 1.71 bits per heavy atom. The fourth-order valence-corrected chi connectivity index (χ4v) is 2.17. The zero-order valence-electron chi connectivity index (χ0n) is 12.3. The number of unbranched alkanes of at least 4 members (excludes halogenated alkanes) is 3. The summed E-state index contributed by atoms with van der Waals surface area (Å²) in [6, 6.07) is 0. The van der Waals surface area contributed by atoms with Gasteiger partial charge in [-0.3, -0.25) is 0 Å². The Hall–Kier alpha value is -0.0800. The van der Waals surface area contributed by atoms with Gasteiger partial charge in [0.05, 0.1) is 0 Å². The highest BCUT2D eigenvalue weighted by Gasteiger charge is 2.03. The number of nitrogens with one attached hydrogen (secondary N) is 1. The number of nitrogens with two attached hydrogens (primary N) is 1. The maximum Gasteiger partial charge on any atom is -0.000846 e. The van der Waals surface area contributed by atoms with Crippen molar-refractivity contribution in [2.45, 2.75) is 65.7 Å². The highest BCUT2D eigenvalue weighted by atomic mass is 14.9. The van der Waals surface area contributed by atoms with Gasteiger partial charge in [-0.25, -0.2) is 0 Å². The maximum absolute atomic E-state index is 5.73. The molecule has 0 aromatic rings. The lowest BCUT2D eigenvalue weighted by Gasteiger charge is -2.14. The Kier molecular flexibility index (Phi) is 12.3. The minimum Gasteiger partial charge on any atom is -0.330 e. The summed E-state index contributed by atoms with van der Waals surface area (Å²) in [5, 5.41) is 3.54. The molecule has 0 aliphatic rings. The fourth-order valence-electron chi connectivity index (χ4n) is 2.17. The summed E-state index contributed by atoms with van der Waals surface area (Å²) in [5.74, 6) is 1.55. The molecular formula is C15H34N2. The summed E-state index contributed by atoms with van der Waals surface area (Å²) in [5.41, 5.74) is 5.73. The Balaban J connectivity index is 3.17. The van der Waals surface area contributed by atoms with Crippen LogP contribution in [-0.4, -0.2) is 19.6 Å². The van der Waals surface area contributed by atoms with Crippen LogP contribution in [0.3, 0.4) is 0 Å². The van der Waals surface area contributed by atoms with Crippen molar-refractivity contribution in [3.63, 3.8) is 0 Å². The largest absolute Gasteiger partial charge is 0.330 e. The van der Waals surface area contributed by atoms with Gasteiger partial charge in [0.2, 0.25) is 0 Å². The van der Waals surface area contributed by atoms with E-state index in [1.807, 2.05) is 0 Å². The molecule has 0 aromatic heterocycles. The van der Waals surface area contributed by atoms with Crippen LogP contribution < -0.4 is 11.1 Å². The molecule has 1 atom stereocenters. The highest BCUT2D eigenvalue weighted by molar-refractivity contribution is 4.62. The molecule has 0 radical (unpaired) electrons. The topological polar surface area (TPSA) is 38.0 Å². The Labute approximate surface area is 109 Å². The third kappa shape index (κ3) is 12.2. The molecule has 0 bridgehead atoms. The molecule has 1 unspecified atom stereocenters. The first-order valence-corrected chi connectivity index (χ1v) is 7.61. The summed E-state index contributed by atoms with van der Waals surface area (Å²) in [6.45, 7) is 9.95. The van der Waals surface area contributed by atoms with Gasteiger partial charge in [0, 0.05) is 0 Å². The van der Waals surface area contributed by atoms with Gasteiger partial charge in [-0.1, -0.05) is 52.9 Å². The van der Waals surface area contributed by atoms with E-state index >= 15 is 0 Å². The first kappa shape index (κ1) is 16.9. The van der Waals surface area contributed by atoms with Gasteiger partial charge in [0.1, 0.15) is 0 Å². The lowest BCUT2D eigenvalue weighted by molar-refractivity contribution is 0.441. The van der Waals surface area contributed by atoms with Crippen LogP contribution in [0.15, 0.2) is 0 Å². The smallest absolute Gasteiger partial charge is 0.000846 e. The van der Waals surface area contributed by atoms with Crippen LogP contribution in [0, 0.1) is 11.8 Å². The molecule has 0 spiro atoms. The van der Waals surface area contributed by atoms with E-state index in [1.165, 1.54) is 51.5 Å². The van der Waals surface area contributed by atoms with Crippen molar-refractivity contribution in [1.29, 1.82) is 0 Å². The van der Waals surface area contributed by atoms with Gasteiger partial charge in [-0.05, 0) is 44.3 Å². The second kappa shape index (κ2) is 12.4. The van der Waals surface area contributed by atoms with Crippen LogP contribution in [0.25, 0.3) is 0 Å². The van der Waals surface area contributed by atoms with Crippen LogP contribution >= 0.6 is 0 Å². The first-order chi connectivity index (χ1) is 8.20. The molecule has 0 heterocycles. The zero-order valence-corrected chi connectivity index (χ0v) is 12.3. The molecule has 104 valence electrons. The summed E-state index contributed by atoms with van der Waals surface area (Å²) in [4.78, 5) is 0. The molecule has 3 N–H and O–H groups in total. The molecule has 0 aromatic carbocycles. The Morgan fingerprint density at radius 1 is 1.00 bits per heavy atom. The van der Waals surface area contributed by atoms with E-state index in [-0.39, 0.29) is 0 Å². The molecule has 0 saturated heterocycles. The summed E-state index contributed by atoms with van der Waals surface area (Å²) in [7, 11) is 0. The molecule has 0 aliphatic carbocycles. The van der Waals surface area contributed by atoms with Gasteiger partial charge in [0.15, 0.2) is 0 Å². The van der Waals surface area contributed by atoms with Crippen LogP contribution in [-0.2, 0) is 0 Å². The molecule has 0 aliphatic heterocycles. The second-order valence-corrected chi connectivity index (χ2v) is 5.69. The summed E-state index contributed by atoms with van der Waals surface area (Å²) in [6.07, 6.45) is 9.40. The van der Waals surface area contributed by atoms with Gasteiger partial charge >= 0.3 is 0 Å². The van der Waals surface area contributed by atoms with E-state index < -0.39 is 0 Å². The standard InChI is InChI=1S/C15H34N2/c1-4-9-15(12-16)13-17-11-8-6-5-7-10-14(2)3/h14-15,17H,4-13,16H2,1-3H3. The molecule has 0 fully saturated rings. The normalized spacial score (nSPS) is 13.2. The van der Waals surface area contributed by atoms with Crippen molar-refractivity contribution in [2.75, 3.05) is 19.6 Å². The van der Waals surface area contributed by atoms with E-state index in [1.54, 1.807) is 0 Å². The van der Waals surface area contributed by atoms with Crippen LogP contribution in [0.5, 0.6) is 0 Å². The first-order valence-electron chi connectivity index (χ1n) is 7.61. The zero-order chi connectivity index (χ0) is 12.9. The second-order valence-electron chi connectivity index (χ2n) is 5.69. The molecule has 0 amide bonds. The molecule has 17 heavy (non-hydrogen) atoms. The van der Waals surface area contributed by atoms with E-state index in [0.717, 1.165) is 19.0 Å². The lowest BCUT2D eigenvalue weighted by atomic mass is 10.0. The van der Waals surface area contributed by atoms with Crippen molar-refractivity contribution >= 4 is 0 Å². The molecule has 2 nitrogen and oxygen atoms in total. The van der Waals surface area contributed by atoms with Crippen LogP contribution in [0.2, 0.25) is 0 Å². The third-order valence-corrected chi connectivity index (χ3v) is 3.35. The lowest BCUT2D eigenvalue weighted by Crippen LogP contribution is -2.28. The predicted octanol–water partition coefficient (Wildman–Crippen LogP) is 3.56. The van der Waals surface area contributed by atoms with E-state index in [2.05, 4.69) is 26.1 Å². The van der Waals surface area contributed by atoms with Crippen molar-refractivity contribution in [2.24, 2.45) is 17.6 Å². The van der Waals surface area contributed by atoms with Crippen LogP contribution in [0.1, 0.15) is 65.7 Å².